The average molecular weight is 178 g/mol. The van der Waals surface area contributed by atoms with E-state index in [4.69, 9.17) is 10.5 Å². The molecule has 7 heteroatoms. The molecule has 0 amide bonds. The molecule has 0 radical (unpaired) electrons. The van der Waals surface area contributed by atoms with E-state index in [1.165, 1.54) is 9.83 Å². The summed E-state index contributed by atoms with van der Waals surface area (Å²) < 4.78 is 4.64. The van der Waals surface area contributed by atoms with E-state index in [2.05, 4.69) is 9.44 Å². The predicted molar refractivity (Wildman–Crippen MR) is 40.3 cm³/mol. The first kappa shape index (κ1) is 8.63. The highest BCUT2D eigenvalue weighted by Crippen LogP contribution is 2.28. The van der Waals surface area contributed by atoms with Crippen molar-refractivity contribution in [2.75, 3.05) is 0 Å². The largest absolute Gasteiger partial charge is 0.256 e. The van der Waals surface area contributed by atoms with Crippen LogP contribution >= 0.6 is 31.8 Å². The summed E-state index contributed by atoms with van der Waals surface area (Å²) in [4.78, 5) is 0. The van der Waals surface area contributed by atoms with Gasteiger partial charge in [0, 0.05) is 31.8 Å². The zero-order valence-electron chi connectivity index (χ0n) is 4.12. The highest BCUT2D eigenvalue weighted by Gasteiger charge is 1.85. The lowest BCUT2D eigenvalue weighted by Crippen LogP contribution is -1.87. The van der Waals surface area contributed by atoms with Gasteiger partial charge in [0.15, 0.2) is 12.4 Å². The summed E-state index contributed by atoms with van der Waals surface area (Å²) >= 11 is 0. The van der Waals surface area contributed by atoms with E-state index >= 15 is 0 Å². The van der Waals surface area contributed by atoms with Crippen LogP contribution < -0.4 is 9.44 Å². The normalized spacial score (nSPS) is 6.89. The molecule has 0 saturated heterocycles. The van der Waals surface area contributed by atoms with Crippen molar-refractivity contribution in [2.45, 2.75) is 0 Å². The predicted octanol–water partition coefficient (Wildman–Crippen LogP) is 0.987. The summed E-state index contributed by atoms with van der Waals surface area (Å²) in [6.07, 6.45) is 3.43. The average Bonchev–Trinajstić information content (AvgIpc) is 1.89. The lowest BCUT2D eigenvalue weighted by atomic mass is 11.5. The molecule has 48 valence electrons. The molecule has 0 aliphatic heterocycles. The number of hydrogen-bond acceptors (Lipinski definition) is 7. The number of nitrogens with one attached hydrogen (secondary N) is 2. The highest BCUT2D eigenvalue weighted by atomic mass is 33.5. The van der Waals surface area contributed by atoms with E-state index in [0.29, 0.717) is 0 Å². The molecule has 0 fully saturated rings. The van der Waals surface area contributed by atoms with Crippen molar-refractivity contribution in [2.24, 2.45) is 0 Å². The van der Waals surface area contributed by atoms with Gasteiger partial charge in [-0.2, -0.15) is 10.5 Å². The SMILES string of the molecule is N#CNSSSNC#N. The molecule has 0 unspecified atom stereocenters. The summed E-state index contributed by atoms with van der Waals surface area (Å²) in [5.74, 6) is 0. The Morgan fingerprint density at radius 2 is 1.44 bits per heavy atom. The standard InChI is InChI=1S/C2H2N4S3/c3-1-5-7-9-8-6-2-4/h5-6H. The van der Waals surface area contributed by atoms with Crippen LogP contribution in [0.5, 0.6) is 0 Å². The molecule has 0 atom stereocenters. The van der Waals surface area contributed by atoms with Gasteiger partial charge in [-0.05, 0) is 0 Å². The van der Waals surface area contributed by atoms with Crippen LogP contribution in [0.25, 0.3) is 0 Å². The Balaban J connectivity index is 2.79. The number of nitriles is 2. The molecule has 0 aromatic heterocycles. The molecule has 2 N–H and O–H groups in total. The van der Waals surface area contributed by atoms with E-state index in [1.54, 1.807) is 12.4 Å². The van der Waals surface area contributed by atoms with Gasteiger partial charge in [-0.25, -0.2) is 0 Å². The number of nitrogens with zero attached hydrogens (tertiary/aromatic N) is 2. The van der Waals surface area contributed by atoms with Crippen molar-refractivity contribution < 1.29 is 0 Å². The summed E-state index contributed by atoms with van der Waals surface area (Å²) in [7, 11) is 3.56. The van der Waals surface area contributed by atoms with Gasteiger partial charge in [-0.15, -0.1) is 0 Å². The fraction of sp³-hybridized carbons (Fsp3) is 0. The van der Waals surface area contributed by atoms with Crippen molar-refractivity contribution >= 4 is 31.8 Å². The van der Waals surface area contributed by atoms with Crippen molar-refractivity contribution in [1.29, 1.82) is 10.5 Å². The Labute approximate surface area is 64.4 Å². The molecule has 0 aliphatic rings. The molecule has 0 aromatic carbocycles. The molecule has 0 spiro atoms. The second-order valence-corrected chi connectivity index (χ2v) is 4.17. The van der Waals surface area contributed by atoms with Crippen LogP contribution in [-0.4, -0.2) is 0 Å². The zero-order chi connectivity index (χ0) is 6.95. The zero-order valence-corrected chi connectivity index (χ0v) is 6.57. The van der Waals surface area contributed by atoms with E-state index in [1.807, 2.05) is 0 Å². The van der Waals surface area contributed by atoms with Gasteiger partial charge in [-0.1, -0.05) is 0 Å². The first-order valence-electron chi connectivity index (χ1n) is 1.69. The van der Waals surface area contributed by atoms with E-state index in [-0.39, 0.29) is 0 Å². The first-order valence-corrected chi connectivity index (χ1v) is 5.17. The quantitative estimate of drug-likeness (QED) is 0.219. The summed E-state index contributed by atoms with van der Waals surface area (Å²) in [5.41, 5.74) is 0. The van der Waals surface area contributed by atoms with Gasteiger partial charge in [-0.3, -0.25) is 9.44 Å². The molecule has 0 saturated carbocycles. The van der Waals surface area contributed by atoms with Crippen molar-refractivity contribution in [3.05, 3.63) is 0 Å². The van der Waals surface area contributed by atoms with Crippen LogP contribution in [0, 0.1) is 22.9 Å². The van der Waals surface area contributed by atoms with Gasteiger partial charge in [0.1, 0.15) is 0 Å². The number of rotatable bonds is 4. The van der Waals surface area contributed by atoms with Crippen molar-refractivity contribution in [1.82, 2.24) is 9.44 Å². The smallest absolute Gasteiger partial charge is 0.188 e. The molecular weight excluding hydrogens is 176 g/mol. The van der Waals surface area contributed by atoms with Crippen LogP contribution in [-0.2, 0) is 0 Å². The Morgan fingerprint density at radius 3 is 1.78 bits per heavy atom. The number of hydrogen-bond donors (Lipinski definition) is 2. The summed E-state index contributed by atoms with van der Waals surface area (Å²) in [6.45, 7) is 0. The minimum Gasteiger partial charge on any atom is -0.256 e. The first-order chi connectivity index (χ1) is 4.41. The van der Waals surface area contributed by atoms with E-state index in [9.17, 15) is 0 Å². The third-order valence-corrected chi connectivity index (χ3v) is 2.86. The monoisotopic (exact) mass is 178 g/mol. The molecule has 9 heavy (non-hydrogen) atoms. The molecule has 0 rings (SSSR count). The highest BCUT2D eigenvalue weighted by molar-refractivity contribution is 9.08. The fourth-order valence-electron chi connectivity index (χ4n) is 0.0883. The summed E-state index contributed by atoms with van der Waals surface area (Å²) in [6, 6.07) is 0. The minimum absolute atomic E-state index is 1.15. The maximum atomic E-state index is 7.93. The third kappa shape index (κ3) is 7.63. The molecule has 0 aliphatic carbocycles. The van der Waals surface area contributed by atoms with Gasteiger partial charge in [0.2, 0.25) is 0 Å². The van der Waals surface area contributed by atoms with Crippen LogP contribution in [0.15, 0.2) is 0 Å². The minimum atomic E-state index is 1.15. The van der Waals surface area contributed by atoms with E-state index < -0.39 is 0 Å². The van der Waals surface area contributed by atoms with E-state index in [0.717, 1.165) is 22.0 Å². The molecule has 0 bridgehead atoms. The van der Waals surface area contributed by atoms with Crippen LogP contribution in [0.2, 0.25) is 0 Å². The Morgan fingerprint density at radius 1 is 1.00 bits per heavy atom. The van der Waals surface area contributed by atoms with Crippen LogP contribution in [0.4, 0.5) is 0 Å². The van der Waals surface area contributed by atoms with Crippen LogP contribution in [0.3, 0.4) is 0 Å². The molecule has 4 nitrogen and oxygen atoms in total. The summed E-state index contributed by atoms with van der Waals surface area (Å²) in [5, 5.41) is 15.9. The third-order valence-electron chi connectivity index (χ3n) is 0.243. The Bertz CT molecular complexity index is 118. The lowest BCUT2D eigenvalue weighted by molar-refractivity contribution is 1.37. The fourth-order valence-corrected chi connectivity index (χ4v) is 1.71. The maximum absolute atomic E-state index is 7.93. The van der Waals surface area contributed by atoms with Gasteiger partial charge >= 0.3 is 0 Å². The maximum Gasteiger partial charge on any atom is 0.188 e. The molecular formula is C2H2N4S3. The second kappa shape index (κ2) is 7.63. The lowest BCUT2D eigenvalue weighted by Gasteiger charge is -1.90. The molecule has 0 aromatic rings. The Kier molecular flexibility index (Phi) is 7.32. The van der Waals surface area contributed by atoms with Crippen LogP contribution in [0.1, 0.15) is 0 Å². The van der Waals surface area contributed by atoms with Crippen molar-refractivity contribution in [3.8, 4) is 12.4 Å². The van der Waals surface area contributed by atoms with Gasteiger partial charge in [0.05, 0.1) is 0 Å². The topological polar surface area (TPSA) is 71.6 Å². The second-order valence-electron chi connectivity index (χ2n) is 0.662. The molecule has 0 heterocycles. The Hall–Kier alpha value is -0.370. The van der Waals surface area contributed by atoms with Gasteiger partial charge < -0.3 is 0 Å². The van der Waals surface area contributed by atoms with Gasteiger partial charge in [0.25, 0.3) is 0 Å². The van der Waals surface area contributed by atoms with Crippen molar-refractivity contribution in [3.63, 3.8) is 0 Å².